The van der Waals surface area contributed by atoms with Gasteiger partial charge in [0.05, 0.1) is 0 Å². The number of piperidine rings is 1. The summed E-state index contributed by atoms with van der Waals surface area (Å²) in [4.78, 5) is 15.1. The summed E-state index contributed by atoms with van der Waals surface area (Å²) in [5.74, 6) is 5.55. The van der Waals surface area contributed by atoms with Crippen LogP contribution in [0.1, 0.15) is 81.8 Å². The topological polar surface area (TPSA) is 51.0 Å². The van der Waals surface area contributed by atoms with Crippen molar-refractivity contribution < 1.29 is 4.79 Å². The van der Waals surface area contributed by atoms with E-state index >= 15 is 0 Å². The summed E-state index contributed by atoms with van der Waals surface area (Å²) in [6.07, 6.45) is 13.4. The van der Waals surface area contributed by atoms with E-state index in [0.29, 0.717) is 17.7 Å². The standard InChI is InChI=1S/C21H32N4O/c26-20(13-18-12-15-7-8-16(18)11-15)24-9-4-5-17(14-24)21-23-22-19-6-2-1-3-10-25(19)21/h15-18H,1-14H2/t15-,16-,17+,18-/m0/s1. The molecule has 0 spiro atoms. The molecule has 1 amide bonds. The Morgan fingerprint density at radius 2 is 1.96 bits per heavy atom. The van der Waals surface area contributed by atoms with Crippen LogP contribution in [-0.4, -0.2) is 38.7 Å². The van der Waals surface area contributed by atoms with Crippen molar-refractivity contribution in [3.8, 4) is 0 Å². The first-order valence-electron chi connectivity index (χ1n) is 11.0. The number of hydrogen-bond donors (Lipinski definition) is 0. The molecule has 0 N–H and O–H groups in total. The Labute approximate surface area is 156 Å². The highest BCUT2D eigenvalue weighted by molar-refractivity contribution is 5.76. The lowest BCUT2D eigenvalue weighted by molar-refractivity contribution is -0.133. The lowest BCUT2D eigenvalue weighted by Crippen LogP contribution is -2.40. The molecule has 0 unspecified atom stereocenters. The molecule has 3 fully saturated rings. The highest BCUT2D eigenvalue weighted by Crippen LogP contribution is 2.49. The summed E-state index contributed by atoms with van der Waals surface area (Å²) in [6.45, 7) is 2.86. The third-order valence-electron chi connectivity index (χ3n) is 7.60. The maximum absolute atomic E-state index is 13.0. The number of carbonyl (C=O) groups excluding carboxylic acids is 1. The molecule has 1 aromatic heterocycles. The minimum Gasteiger partial charge on any atom is -0.342 e. The SMILES string of the molecule is O=C(C[C@@H]1C[C@H]2CC[C@H]1C2)N1CCC[C@@H](c2nnc3n2CCCCC3)C1. The van der Waals surface area contributed by atoms with Gasteiger partial charge < -0.3 is 9.47 Å². The largest absolute Gasteiger partial charge is 0.342 e. The predicted molar refractivity (Wildman–Crippen MR) is 99.7 cm³/mol. The second-order valence-electron chi connectivity index (χ2n) is 9.25. The molecular formula is C21H32N4O. The molecule has 5 rings (SSSR count). The maximum Gasteiger partial charge on any atom is 0.222 e. The molecule has 4 aliphatic rings. The summed E-state index contributed by atoms with van der Waals surface area (Å²) >= 11 is 0. The Balaban J connectivity index is 1.25. The minimum absolute atomic E-state index is 0.382. The van der Waals surface area contributed by atoms with Crippen LogP contribution in [0.4, 0.5) is 0 Å². The van der Waals surface area contributed by atoms with Gasteiger partial charge in [-0.2, -0.15) is 0 Å². The van der Waals surface area contributed by atoms with Crippen molar-refractivity contribution in [2.24, 2.45) is 17.8 Å². The van der Waals surface area contributed by atoms with E-state index in [2.05, 4.69) is 19.7 Å². The van der Waals surface area contributed by atoms with E-state index < -0.39 is 0 Å². The fraction of sp³-hybridized carbons (Fsp3) is 0.857. The Morgan fingerprint density at radius 1 is 1.00 bits per heavy atom. The van der Waals surface area contributed by atoms with Gasteiger partial charge in [0.15, 0.2) is 0 Å². The number of amides is 1. The van der Waals surface area contributed by atoms with Crippen LogP contribution in [0.15, 0.2) is 0 Å². The van der Waals surface area contributed by atoms with Crippen LogP contribution in [-0.2, 0) is 17.8 Å². The van der Waals surface area contributed by atoms with Crippen molar-refractivity contribution in [1.29, 1.82) is 0 Å². The van der Waals surface area contributed by atoms with Crippen LogP contribution < -0.4 is 0 Å². The summed E-state index contributed by atoms with van der Waals surface area (Å²) in [5.41, 5.74) is 0. The fourth-order valence-corrected chi connectivity index (χ4v) is 6.20. The zero-order valence-electron chi connectivity index (χ0n) is 15.9. The van der Waals surface area contributed by atoms with Crippen molar-refractivity contribution in [1.82, 2.24) is 19.7 Å². The van der Waals surface area contributed by atoms with Gasteiger partial charge in [-0.05, 0) is 62.7 Å². The van der Waals surface area contributed by atoms with Gasteiger partial charge >= 0.3 is 0 Å². The quantitative estimate of drug-likeness (QED) is 0.832. The van der Waals surface area contributed by atoms with Crippen LogP contribution in [0.2, 0.25) is 0 Å². The molecule has 142 valence electrons. The Hall–Kier alpha value is -1.39. The van der Waals surface area contributed by atoms with Crippen molar-refractivity contribution in [3.63, 3.8) is 0 Å². The second-order valence-corrected chi connectivity index (χ2v) is 9.25. The molecule has 1 aromatic rings. The van der Waals surface area contributed by atoms with Gasteiger partial charge in [-0.15, -0.1) is 10.2 Å². The Bertz CT molecular complexity index is 669. The first-order valence-corrected chi connectivity index (χ1v) is 11.0. The normalized spacial score (nSPS) is 33.9. The van der Waals surface area contributed by atoms with Crippen molar-refractivity contribution in [2.45, 2.75) is 83.1 Å². The molecule has 3 heterocycles. The first-order chi connectivity index (χ1) is 12.8. The number of aryl methyl sites for hydroxylation is 1. The molecule has 2 aliphatic carbocycles. The number of likely N-dealkylation sites (tertiary alicyclic amines) is 1. The number of carbonyl (C=O) groups is 1. The van der Waals surface area contributed by atoms with Crippen LogP contribution in [0.5, 0.6) is 0 Å². The van der Waals surface area contributed by atoms with Gasteiger partial charge in [-0.25, -0.2) is 0 Å². The van der Waals surface area contributed by atoms with Gasteiger partial charge in [0.1, 0.15) is 11.6 Å². The highest BCUT2D eigenvalue weighted by atomic mass is 16.2. The average Bonchev–Trinajstić information content (AvgIpc) is 3.34. The zero-order valence-corrected chi connectivity index (χ0v) is 15.9. The van der Waals surface area contributed by atoms with Gasteiger partial charge in [-0.3, -0.25) is 4.79 Å². The summed E-state index contributed by atoms with van der Waals surface area (Å²) in [6, 6.07) is 0. The molecule has 0 radical (unpaired) electrons. The molecule has 2 aliphatic heterocycles. The van der Waals surface area contributed by atoms with Crippen LogP contribution >= 0.6 is 0 Å². The third kappa shape index (κ3) is 3.07. The molecule has 26 heavy (non-hydrogen) atoms. The second kappa shape index (κ2) is 6.97. The van der Waals surface area contributed by atoms with Gasteiger partial charge in [0.25, 0.3) is 0 Å². The minimum atomic E-state index is 0.382. The molecule has 5 heteroatoms. The molecule has 5 nitrogen and oxygen atoms in total. The third-order valence-corrected chi connectivity index (χ3v) is 7.60. The molecular weight excluding hydrogens is 324 g/mol. The van der Waals surface area contributed by atoms with E-state index in [4.69, 9.17) is 0 Å². The summed E-state index contributed by atoms with van der Waals surface area (Å²) in [5, 5.41) is 9.05. The molecule has 2 saturated carbocycles. The summed E-state index contributed by atoms with van der Waals surface area (Å²) in [7, 11) is 0. The van der Waals surface area contributed by atoms with Crippen molar-refractivity contribution in [3.05, 3.63) is 11.6 Å². The highest BCUT2D eigenvalue weighted by Gasteiger charge is 2.41. The summed E-state index contributed by atoms with van der Waals surface area (Å²) < 4.78 is 2.38. The lowest BCUT2D eigenvalue weighted by Gasteiger charge is -2.34. The number of fused-ring (bicyclic) bond motifs is 3. The van der Waals surface area contributed by atoms with Crippen LogP contribution in [0.25, 0.3) is 0 Å². The van der Waals surface area contributed by atoms with E-state index in [1.165, 1.54) is 50.8 Å². The number of hydrogen-bond acceptors (Lipinski definition) is 3. The smallest absolute Gasteiger partial charge is 0.222 e. The fourth-order valence-electron chi connectivity index (χ4n) is 6.20. The van der Waals surface area contributed by atoms with E-state index in [1.54, 1.807) is 0 Å². The van der Waals surface area contributed by atoms with Gasteiger partial charge in [0.2, 0.25) is 5.91 Å². The molecule has 0 aromatic carbocycles. The zero-order chi connectivity index (χ0) is 17.5. The van der Waals surface area contributed by atoms with Gasteiger partial charge in [0, 0.05) is 38.4 Å². The van der Waals surface area contributed by atoms with Crippen molar-refractivity contribution in [2.75, 3.05) is 13.1 Å². The van der Waals surface area contributed by atoms with Crippen LogP contribution in [0.3, 0.4) is 0 Å². The van der Waals surface area contributed by atoms with E-state index in [-0.39, 0.29) is 0 Å². The first kappa shape index (κ1) is 16.8. The van der Waals surface area contributed by atoms with E-state index in [0.717, 1.165) is 63.0 Å². The van der Waals surface area contributed by atoms with Gasteiger partial charge in [-0.1, -0.05) is 12.8 Å². The molecule has 1 saturated heterocycles. The Kier molecular flexibility index (Phi) is 4.49. The van der Waals surface area contributed by atoms with Crippen LogP contribution in [0, 0.1) is 17.8 Å². The maximum atomic E-state index is 13.0. The van der Waals surface area contributed by atoms with E-state index in [9.17, 15) is 4.79 Å². The average molecular weight is 357 g/mol. The molecule has 2 bridgehead atoms. The van der Waals surface area contributed by atoms with E-state index in [1.807, 2.05) is 0 Å². The number of rotatable bonds is 3. The monoisotopic (exact) mass is 356 g/mol. The molecule has 4 atom stereocenters. The lowest BCUT2D eigenvalue weighted by atomic mass is 9.85. The van der Waals surface area contributed by atoms with Crippen molar-refractivity contribution >= 4 is 5.91 Å². The Morgan fingerprint density at radius 3 is 2.81 bits per heavy atom. The number of nitrogens with zero attached hydrogens (tertiary/aromatic N) is 4. The number of aromatic nitrogens is 3. The predicted octanol–water partition coefficient (Wildman–Crippen LogP) is 3.54.